The van der Waals surface area contributed by atoms with Crippen LogP contribution < -0.4 is 9.64 Å². The van der Waals surface area contributed by atoms with E-state index < -0.39 is 5.97 Å². The Morgan fingerprint density at radius 2 is 1.78 bits per heavy atom. The number of ether oxygens (including phenoxy) is 1. The first-order chi connectivity index (χ1) is 12.8. The van der Waals surface area contributed by atoms with Crippen LogP contribution in [-0.2, 0) is 16.8 Å². The first kappa shape index (κ1) is 19.3. The SMILES string of the molecule is CC(C)(C)c1ccc(COc2ccc(N3CCCC3CC(=O)O)cc2)cc1. The lowest BCUT2D eigenvalue weighted by atomic mass is 9.87. The molecule has 27 heavy (non-hydrogen) atoms. The minimum atomic E-state index is -0.732. The van der Waals surface area contributed by atoms with E-state index in [2.05, 4.69) is 49.9 Å². The molecule has 4 heteroatoms. The maximum absolute atomic E-state index is 11.0. The molecule has 1 fully saturated rings. The molecule has 0 aliphatic carbocycles. The van der Waals surface area contributed by atoms with Crippen LogP contribution in [0.25, 0.3) is 0 Å². The average Bonchev–Trinajstić information content (AvgIpc) is 3.07. The molecule has 1 atom stereocenters. The van der Waals surface area contributed by atoms with Gasteiger partial charge in [0, 0.05) is 18.3 Å². The molecule has 1 N–H and O–H groups in total. The van der Waals surface area contributed by atoms with Gasteiger partial charge >= 0.3 is 5.97 Å². The van der Waals surface area contributed by atoms with Crippen molar-refractivity contribution < 1.29 is 14.6 Å². The fourth-order valence-electron chi connectivity index (χ4n) is 3.59. The van der Waals surface area contributed by atoms with Crippen LogP contribution in [0.4, 0.5) is 5.69 Å². The summed E-state index contributed by atoms with van der Waals surface area (Å²) in [6.45, 7) is 8.08. The molecule has 0 spiro atoms. The Morgan fingerprint density at radius 1 is 1.11 bits per heavy atom. The molecule has 1 heterocycles. The topological polar surface area (TPSA) is 49.8 Å². The standard InChI is InChI=1S/C23H29NO3/c1-23(2,3)18-8-6-17(7-9-18)16-27-21-12-10-19(11-13-21)24-14-4-5-20(24)15-22(25)26/h6-13,20H,4-5,14-16H2,1-3H3,(H,25,26). The van der Waals surface area contributed by atoms with Crippen LogP contribution in [0.1, 0.15) is 51.2 Å². The first-order valence-corrected chi connectivity index (χ1v) is 9.63. The van der Waals surface area contributed by atoms with Crippen LogP contribution >= 0.6 is 0 Å². The van der Waals surface area contributed by atoms with Gasteiger partial charge in [-0.2, -0.15) is 0 Å². The van der Waals surface area contributed by atoms with Crippen LogP contribution in [0.3, 0.4) is 0 Å². The zero-order valence-electron chi connectivity index (χ0n) is 16.4. The minimum Gasteiger partial charge on any atom is -0.489 e. The first-order valence-electron chi connectivity index (χ1n) is 9.63. The molecule has 0 amide bonds. The molecule has 0 aromatic heterocycles. The van der Waals surface area contributed by atoms with Gasteiger partial charge in [0.1, 0.15) is 12.4 Å². The van der Waals surface area contributed by atoms with Gasteiger partial charge in [0.15, 0.2) is 0 Å². The molecule has 2 aromatic rings. The Bertz CT molecular complexity index is 760. The largest absolute Gasteiger partial charge is 0.489 e. The van der Waals surface area contributed by atoms with E-state index in [1.807, 2.05) is 24.3 Å². The summed E-state index contributed by atoms with van der Waals surface area (Å²) < 4.78 is 5.91. The lowest BCUT2D eigenvalue weighted by molar-refractivity contribution is -0.137. The third kappa shape index (κ3) is 5.03. The molecule has 0 bridgehead atoms. The van der Waals surface area contributed by atoms with E-state index in [1.54, 1.807) is 0 Å². The minimum absolute atomic E-state index is 0.0931. The van der Waals surface area contributed by atoms with E-state index in [0.29, 0.717) is 6.61 Å². The smallest absolute Gasteiger partial charge is 0.305 e. The molecule has 1 unspecified atom stereocenters. The molecule has 1 aliphatic rings. The van der Waals surface area contributed by atoms with E-state index in [9.17, 15) is 4.79 Å². The summed E-state index contributed by atoms with van der Waals surface area (Å²) >= 11 is 0. The maximum Gasteiger partial charge on any atom is 0.305 e. The summed E-state index contributed by atoms with van der Waals surface area (Å²) in [6.07, 6.45) is 2.18. The third-order valence-corrected chi connectivity index (χ3v) is 5.18. The van der Waals surface area contributed by atoms with Crippen molar-refractivity contribution in [2.24, 2.45) is 0 Å². The van der Waals surface area contributed by atoms with Gasteiger partial charge in [0.2, 0.25) is 0 Å². The monoisotopic (exact) mass is 367 g/mol. The molecule has 2 aromatic carbocycles. The summed E-state index contributed by atoms with van der Waals surface area (Å²) in [5.74, 6) is 0.0944. The highest BCUT2D eigenvalue weighted by atomic mass is 16.5. The van der Waals surface area contributed by atoms with E-state index in [1.165, 1.54) is 5.56 Å². The lowest BCUT2D eigenvalue weighted by Crippen LogP contribution is -2.31. The van der Waals surface area contributed by atoms with Gasteiger partial charge in [0.05, 0.1) is 6.42 Å². The van der Waals surface area contributed by atoms with Crippen molar-refractivity contribution in [3.63, 3.8) is 0 Å². The van der Waals surface area contributed by atoms with Gasteiger partial charge in [0.25, 0.3) is 0 Å². The van der Waals surface area contributed by atoms with Gasteiger partial charge in [-0.25, -0.2) is 0 Å². The van der Waals surface area contributed by atoms with Gasteiger partial charge in [-0.1, -0.05) is 45.0 Å². The Kier molecular flexibility index (Phi) is 5.73. The number of carbonyl (C=O) groups is 1. The second-order valence-corrected chi connectivity index (χ2v) is 8.32. The third-order valence-electron chi connectivity index (χ3n) is 5.18. The van der Waals surface area contributed by atoms with Gasteiger partial charge in [-0.05, 0) is 53.6 Å². The van der Waals surface area contributed by atoms with Crippen LogP contribution in [0.2, 0.25) is 0 Å². The summed E-state index contributed by atoms with van der Waals surface area (Å²) in [4.78, 5) is 13.2. The fourth-order valence-corrected chi connectivity index (χ4v) is 3.59. The summed E-state index contributed by atoms with van der Waals surface area (Å²) in [7, 11) is 0. The Hall–Kier alpha value is -2.49. The fraction of sp³-hybridized carbons (Fsp3) is 0.435. The predicted octanol–water partition coefficient (Wildman–Crippen LogP) is 5.01. The Labute approximate surface area is 161 Å². The zero-order valence-corrected chi connectivity index (χ0v) is 16.4. The molecule has 4 nitrogen and oxygen atoms in total. The number of anilines is 1. The van der Waals surface area contributed by atoms with Gasteiger partial charge < -0.3 is 14.7 Å². The van der Waals surface area contributed by atoms with E-state index >= 15 is 0 Å². The summed E-state index contributed by atoms with van der Waals surface area (Å²) in [5.41, 5.74) is 3.69. The summed E-state index contributed by atoms with van der Waals surface area (Å²) in [6, 6.07) is 16.6. The van der Waals surface area contributed by atoms with Crippen molar-refractivity contribution in [3.8, 4) is 5.75 Å². The number of hydrogen-bond donors (Lipinski definition) is 1. The van der Waals surface area contributed by atoms with Crippen LogP contribution in [-0.4, -0.2) is 23.7 Å². The maximum atomic E-state index is 11.0. The van der Waals surface area contributed by atoms with E-state index in [-0.39, 0.29) is 17.9 Å². The van der Waals surface area contributed by atoms with Crippen LogP contribution in [0, 0.1) is 0 Å². The quantitative estimate of drug-likeness (QED) is 0.780. The van der Waals surface area contributed by atoms with E-state index in [0.717, 1.165) is 36.4 Å². The van der Waals surface area contributed by atoms with Crippen molar-refractivity contribution in [1.29, 1.82) is 0 Å². The van der Waals surface area contributed by atoms with Gasteiger partial charge in [-0.15, -0.1) is 0 Å². The average molecular weight is 367 g/mol. The normalized spacial score (nSPS) is 17.1. The molecular weight excluding hydrogens is 338 g/mol. The number of aliphatic carboxylic acids is 1. The summed E-state index contributed by atoms with van der Waals surface area (Å²) in [5, 5.41) is 9.08. The molecule has 1 aliphatic heterocycles. The number of nitrogens with zero attached hydrogens (tertiary/aromatic N) is 1. The molecule has 3 rings (SSSR count). The number of carboxylic acids is 1. The molecule has 1 saturated heterocycles. The molecule has 144 valence electrons. The number of rotatable bonds is 6. The highest BCUT2D eigenvalue weighted by molar-refractivity contribution is 5.69. The highest BCUT2D eigenvalue weighted by Crippen LogP contribution is 2.29. The number of carboxylic acid groups (broad SMARTS) is 1. The molecule has 0 radical (unpaired) electrons. The second kappa shape index (κ2) is 8.03. The van der Waals surface area contributed by atoms with Crippen molar-refractivity contribution in [2.75, 3.05) is 11.4 Å². The zero-order chi connectivity index (χ0) is 19.4. The van der Waals surface area contributed by atoms with Crippen molar-refractivity contribution in [2.45, 2.75) is 58.1 Å². The second-order valence-electron chi connectivity index (χ2n) is 8.32. The Morgan fingerprint density at radius 3 is 2.37 bits per heavy atom. The molecular formula is C23H29NO3. The Balaban J connectivity index is 1.58. The van der Waals surface area contributed by atoms with Crippen molar-refractivity contribution in [3.05, 3.63) is 59.7 Å². The highest BCUT2D eigenvalue weighted by Gasteiger charge is 2.26. The predicted molar refractivity (Wildman–Crippen MR) is 109 cm³/mol. The van der Waals surface area contributed by atoms with Crippen molar-refractivity contribution in [1.82, 2.24) is 0 Å². The van der Waals surface area contributed by atoms with E-state index in [4.69, 9.17) is 9.84 Å². The number of hydrogen-bond acceptors (Lipinski definition) is 3. The lowest BCUT2D eigenvalue weighted by Gasteiger charge is -2.25. The van der Waals surface area contributed by atoms with Crippen LogP contribution in [0.5, 0.6) is 5.75 Å². The molecule has 0 saturated carbocycles. The van der Waals surface area contributed by atoms with Gasteiger partial charge in [-0.3, -0.25) is 4.79 Å². The number of benzene rings is 2. The van der Waals surface area contributed by atoms with Crippen LogP contribution in [0.15, 0.2) is 48.5 Å². The van der Waals surface area contributed by atoms with Crippen molar-refractivity contribution >= 4 is 11.7 Å².